The first-order valence-electron chi connectivity index (χ1n) is 9.97. The molecule has 3 aromatic rings. The maximum Gasteiger partial charge on any atom is 0.308 e. The first kappa shape index (κ1) is 22.8. The van der Waals surface area contributed by atoms with E-state index in [2.05, 4.69) is 4.98 Å². The van der Waals surface area contributed by atoms with Gasteiger partial charge in [-0.1, -0.05) is 18.2 Å². The van der Waals surface area contributed by atoms with Gasteiger partial charge in [0.1, 0.15) is 0 Å². The second kappa shape index (κ2) is 10.4. The van der Waals surface area contributed by atoms with E-state index in [0.29, 0.717) is 28.9 Å². The van der Waals surface area contributed by atoms with Gasteiger partial charge in [0.2, 0.25) is 0 Å². The lowest BCUT2D eigenvalue weighted by Crippen LogP contribution is -2.31. The third kappa shape index (κ3) is 5.42. The second-order valence-electron chi connectivity index (χ2n) is 7.11. The molecule has 0 bridgehead atoms. The van der Waals surface area contributed by atoms with Crippen LogP contribution in [0.4, 0.5) is 0 Å². The zero-order valence-corrected chi connectivity index (χ0v) is 18.2. The smallest absolute Gasteiger partial charge is 0.308 e. The van der Waals surface area contributed by atoms with Crippen LogP contribution in [0.1, 0.15) is 12.0 Å². The van der Waals surface area contributed by atoms with Gasteiger partial charge < -0.3 is 19.1 Å². The number of rotatable bonds is 9. The number of carbonyl (C=O) groups is 2. The third-order valence-electron chi connectivity index (χ3n) is 4.94. The largest absolute Gasteiger partial charge is 0.493 e. The van der Waals surface area contributed by atoms with E-state index >= 15 is 0 Å². The Labute approximate surface area is 185 Å². The predicted molar refractivity (Wildman–Crippen MR) is 118 cm³/mol. The van der Waals surface area contributed by atoms with Crippen LogP contribution in [0.5, 0.6) is 11.5 Å². The van der Waals surface area contributed by atoms with Crippen molar-refractivity contribution in [3.05, 3.63) is 64.7 Å². The lowest BCUT2D eigenvalue weighted by atomic mass is 10.2. The molecule has 0 N–H and O–H groups in total. The van der Waals surface area contributed by atoms with Crippen molar-refractivity contribution in [3.8, 4) is 11.5 Å². The fourth-order valence-corrected chi connectivity index (χ4v) is 3.14. The van der Waals surface area contributed by atoms with E-state index in [9.17, 15) is 14.4 Å². The van der Waals surface area contributed by atoms with E-state index in [1.807, 2.05) is 6.07 Å². The van der Waals surface area contributed by atoms with Crippen LogP contribution in [-0.2, 0) is 27.4 Å². The molecule has 0 aliphatic heterocycles. The Balaban J connectivity index is 1.50. The molecule has 3 rings (SSSR count). The number of aromatic nitrogens is 2. The summed E-state index contributed by atoms with van der Waals surface area (Å²) in [5.41, 5.74) is 1.21. The van der Waals surface area contributed by atoms with Gasteiger partial charge in [0.05, 0.1) is 37.9 Å². The van der Waals surface area contributed by atoms with Crippen LogP contribution < -0.4 is 15.0 Å². The van der Waals surface area contributed by atoms with Gasteiger partial charge in [-0.05, 0) is 29.8 Å². The predicted octanol–water partition coefficient (Wildman–Crippen LogP) is 2.01. The normalized spacial score (nSPS) is 10.6. The van der Waals surface area contributed by atoms with Crippen LogP contribution in [-0.4, -0.2) is 54.2 Å². The number of nitrogens with zero attached hydrogens (tertiary/aromatic N) is 3. The topological polar surface area (TPSA) is 100.0 Å². The van der Waals surface area contributed by atoms with Crippen molar-refractivity contribution >= 4 is 22.8 Å². The summed E-state index contributed by atoms with van der Waals surface area (Å²) in [6, 6.07) is 12.4. The number of hydrogen-bond acceptors (Lipinski definition) is 7. The van der Waals surface area contributed by atoms with Crippen LogP contribution in [0.2, 0.25) is 0 Å². The van der Waals surface area contributed by atoms with E-state index in [1.165, 1.54) is 22.9 Å². The molecular weight excluding hydrogens is 414 g/mol. The van der Waals surface area contributed by atoms with E-state index in [4.69, 9.17) is 14.2 Å². The molecular formula is C23H25N3O6. The van der Waals surface area contributed by atoms with Crippen LogP contribution in [0.3, 0.4) is 0 Å². The van der Waals surface area contributed by atoms with Crippen molar-refractivity contribution in [1.29, 1.82) is 0 Å². The average Bonchev–Trinajstić information content (AvgIpc) is 2.82. The number of ether oxygens (including phenoxy) is 3. The molecule has 32 heavy (non-hydrogen) atoms. The molecule has 0 radical (unpaired) electrons. The number of fused-ring (bicyclic) bond motifs is 1. The number of esters is 1. The number of carbonyl (C=O) groups excluding carboxylic acids is 2. The van der Waals surface area contributed by atoms with Gasteiger partial charge in [0.25, 0.3) is 11.5 Å². The number of amides is 1. The Hall–Kier alpha value is -3.88. The van der Waals surface area contributed by atoms with Crippen LogP contribution in [0.15, 0.2) is 53.6 Å². The molecule has 9 heteroatoms. The third-order valence-corrected chi connectivity index (χ3v) is 4.94. The molecule has 1 amide bonds. The van der Waals surface area contributed by atoms with E-state index in [1.54, 1.807) is 50.6 Å². The van der Waals surface area contributed by atoms with Crippen LogP contribution >= 0.6 is 0 Å². The maximum absolute atomic E-state index is 12.4. The van der Waals surface area contributed by atoms with Gasteiger partial charge in [0, 0.05) is 20.1 Å². The summed E-state index contributed by atoms with van der Waals surface area (Å²) < 4.78 is 16.9. The van der Waals surface area contributed by atoms with E-state index < -0.39 is 5.97 Å². The van der Waals surface area contributed by atoms with Crippen LogP contribution in [0.25, 0.3) is 10.9 Å². The highest BCUT2D eigenvalue weighted by molar-refractivity contribution is 5.80. The van der Waals surface area contributed by atoms with Crippen molar-refractivity contribution in [2.45, 2.75) is 19.5 Å². The number of hydrogen-bond donors (Lipinski definition) is 0. The number of para-hydroxylation sites is 1. The zero-order chi connectivity index (χ0) is 23.1. The molecule has 0 atom stereocenters. The average molecular weight is 439 g/mol. The molecule has 0 unspecified atom stereocenters. The minimum atomic E-state index is -0.571. The van der Waals surface area contributed by atoms with Gasteiger partial charge in [-0.2, -0.15) is 0 Å². The Morgan fingerprint density at radius 1 is 1.06 bits per heavy atom. The fourth-order valence-electron chi connectivity index (χ4n) is 3.14. The van der Waals surface area contributed by atoms with Crippen molar-refractivity contribution in [2.24, 2.45) is 0 Å². The summed E-state index contributed by atoms with van der Waals surface area (Å²) in [6.45, 7) is 0.0492. The summed E-state index contributed by atoms with van der Waals surface area (Å²) in [7, 11) is 4.71. The SMILES string of the molecule is COc1ccc(CN(C)C(=O)COC(=O)CCn2cnc3ccccc3c2=O)cc1OC. The summed E-state index contributed by atoms with van der Waals surface area (Å²) in [5, 5.41) is 0.482. The van der Waals surface area contributed by atoms with Gasteiger partial charge in [-0.25, -0.2) is 4.98 Å². The highest BCUT2D eigenvalue weighted by atomic mass is 16.5. The van der Waals surface area contributed by atoms with Gasteiger partial charge in [0.15, 0.2) is 18.1 Å². The Kier molecular flexibility index (Phi) is 7.43. The standard InChI is InChI=1S/C23H25N3O6/c1-25(13-16-8-9-19(30-2)20(12-16)31-3)21(27)14-32-22(28)10-11-26-15-24-18-7-5-4-6-17(18)23(26)29/h4-9,12,15H,10-11,13-14H2,1-3H3. The van der Waals surface area contributed by atoms with Gasteiger partial charge in [-0.15, -0.1) is 0 Å². The number of aryl methyl sites for hydroxylation is 1. The molecule has 0 spiro atoms. The quantitative estimate of drug-likeness (QED) is 0.470. The van der Waals surface area contributed by atoms with E-state index in [-0.39, 0.29) is 31.0 Å². The molecule has 0 aliphatic rings. The van der Waals surface area contributed by atoms with Gasteiger partial charge >= 0.3 is 5.97 Å². The summed E-state index contributed by atoms with van der Waals surface area (Å²) in [5.74, 6) is 0.242. The zero-order valence-electron chi connectivity index (χ0n) is 18.2. The number of benzene rings is 2. The lowest BCUT2D eigenvalue weighted by Gasteiger charge is -2.18. The minimum Gasteiger partial charge on any atom is -0.493 e. The Morgan fingerprint density at radius 2 is 1.81 bits per heavy atom. The monoisotopic (exact) mass is 439 g/mol. The summed E-state index contributed by atoms with van der Waals surface area (Å²) >= 11 is 0. The number of methoxy groups -OCH3 is 2. The highest BCUT2D eigenvalue weighted by Gasteiger charge is 2.14. The molecule has 2 aromatic carbocycles. The molecule has 0 saturated carbocycles. The molecule has 1 aromatic heterocycles. The molecule has 1 heterocycles. The van der Waals surface area contributed by atoms with Crippen molar-refractivity contribution in [2.75, 3.05) is 27.9 Å². The number of likely N-dealkylation sites (N-methyl/N-ethyl adjacent to an activating group) is 1. The minimum absolute atomic E-state index is 0.0490. The maximum atomic E-state index is 12.4. The van der Waals surface area contributed by atoms with Crippen molar-refractivity contribution in [1.82, 2.24) is 14.5 Å². The fraction of sp³-hybridized carbons (Fsp3) is 0.304. The summed E-state index contributed by atoms with van der Waals surface area (Å²) in [6.07, 6.45) is 1.35. The van der Waals surface area contributed by atoms with E-state index in [0.717, 1.165) is 5.56 Å². The van der Waals surface area contributed by atoms with Crippen LogP contribution in [0, 0.1) is 0 Å². The second-order valence-corrected chi connectivity index (χ2v) is 7.11. The first-order chi connectivity index (χ1) is 15.4. The molecule has 0 saturated heterocycles. The highest BCUT2D eigenvalue weighted by Crippen LogP contribution is 2.27. The first-order valence-corrected chi connectivity index (χ1v) is 9.97. The Bertz CT molecular complexity index is 1170. The van der Waals surface area contributed by atoms with Crippen molar-refractivity contribution < 1.29 is 23.8 Å². The Morgan fingerprint density at radius 3 is 2.56 bits per heavy atom. The molecule has 9 nitrogen and oxygen atoms in total. The molecule has 168 valence electrons. The summed E-state index contributed by atoms with van der Waals surface area (Å²) in [4.78, 5) is 42.5. The van der Waals surface area contributed by atoms with Gasteiger partial charge in [-0.3, -0.25) is 19.0 Å². The molecule has 0 aliphatic carbocycles. The van der Waals surface area contributed by atoms with Crippen molar-refractivity contribution in [3.63, 3.8) is 0 Å². The lowest BCUT2D eigenvalue weighted by molar-refractivity contribution is -0.151. The molecule has 0 fully saturated rings.